The van der Waals surface area contributed by atoms with Crippen molar-refractivity contribution in [3.8, 4) is 0 Å². The van der Waals surface area contributed by atoms with Crippen LogP contribution in [-0.2, 0) is 14.4 Å². The molecule has 0 aromatic carbocycles. The molecule has 0 heterocycles. The van der Waals surface area contributed by atoms with E-state index in [1.165, 1.54) is 68.7 Å². The van der Waals surface area contributed by atoms with Gasteiger partial charge in [0, 0.05) is 35.7 Å². The number of carbonyl (C=O) groups is 3. The van der Waals surface area contributed by atoms with Crippen LogP contribution in [0.4, 0.5) is 0 Å². The van der Waals surface area contributed by atoms with Gasteiger partial charge in [-0.25, -0.2) is 0 Å². The number of hydrogen-bond acceptors (Lipinski definition) is 3. The Balaban J connectivity index is -0.00000109. The van der Waals surface area contributed by atoms with Crippen LogP contribution in [0.5, 0.6) is 0 Å². The van der Waals surface area contributed by atoms with Crippen molar-refractivity contribution in [1.82, 2.24) is 0 Å². The lowest BCUT2D eigenvalue weighted by molar-refractivity contribution is -0.117. The van der Waals surface area contributed by atoms with Gasteiger partial charge in [0.05, 0.1) is 0 Å². The second kappa shape index (κ2) is 63.0. The van der Waals surface area contributed by atoms with Gasteiger partial charge in [0.1, 0.15) is 17.3 Å². The molecule has 0 saturated carbocycles. The first-order valence-electron chi connectivity index (χ1n) is 31.2. The molecule has 0 saturated heterocycles. The Morgan fingerprint density at radius 1 is 0.273 bits per heavy atom. The summed E-state index contributed by atoms with van der Waals surface area (Å²) >= 11 is 0. The maximum atomic E-state index is 10.9. The molecule has 0 aliphatic carbocycles. The van der Waals surface area contributed by atoms with Crippen LogP contribution in [0, 0.1) is 0 Å². The molecule has 3 nitrogen and oxygen atoms in total. The van der Waals surface area contributed by atoms with E-state index >= 15 is 0 Å². The molecule has 0 bridgehead atoms. The summed E-state index contributed by atoms with van der Waals surface area (Å²) in [7, 11) is 0. The summed E-state index contributed by atoms with van der Waals surface area (Å²) in [6, 6.07) is 0. The Hall–Kier alpha value is -4.11. The van der Waals surface area contributed by atoms with E-state index in [1.54, 1.807) is 44.2 Å². The summed E-state index contributed by atoms with van der Waals surface area (Å²) in [5.74, 6) is 0.542. The monoisotopic (exact) mass is 919 g/mol. The summed E-state index contributed by atoms with van der Waals surface area (Å²) in [5, 5.41) is 0. The molecule has 0 radical (unpaired) electrons. The van der Waals surface area contributed by atoms with Gasteiger partial charge in [-0.05, 0) is 155 Å². The van der Waals surface area contributed by atoms with Crippen LogP contribution in [0.15, 0.2) is 146 Å². The van der Waals surface area contributed by atoms with E-state index < -0.39 is 38.2 Å². The van der Waals surface area contributed by atoms with Crippen molar-refractivity contribution in [2.75, 3.05) is 0 Å². The van der Waals surface area contributed by atoms with Crippen molar-refractivity contribution in [3.05, 3.63) is 146 Å². The molecule has 3 heteroatoms. The minimum absolute atomic E-state index is 0.104. The van der Waals surface area contributed by atoms with Gasteiger partial charge in [-0.1, -0.05) is 205 Å². The van der Waals surface area contributed by atoms with Crippen LogP contribution in [-0.4, -0.2) is 17.3 Å². The highest BCUT2D eigenvalue weighted by Crippen LogP contribution is 2.05. The normalized spacial score (nSPS) is 16.5. The number of hydrogen-bond donors (Lipinski definition) is 0. The molecule has 0 aromatic heterocycles. The number of rotatable bonds is 42. The third-order valence-electron chi connectivity index (χ3n) is 9.05. The molecule has 0 spiro atoms. The fourth-order valence-corrected chi connectivity index (χ4v) is 5.31. The molecule has 0 aliphatic rings. The molecule has 0 N–H and O–H groups in total. The lowest BCUT2D eigenvalue weighted by Gasteiger charge is -1.91. The minimum atomic E-state index is -1.96. The predicted octanol–water partition coefficient (Wildman–Crippen LogP) is 20.2. The zero-order valence-electron chi connectivity index (χ0n) is 54.6. The second-order valence-electron chi connectivity index (χ2n) is 15.8. The summed E-state index contributed by atoms with van der Waals surface area (Å²) in [4.78, 5) is 32.5. The lowest BCUT2D eigenvalue weighted by atomic mass is 10.2. The highest BCUT2D eigenvalue weighted by atomic mass is 16.1. The summed E-state index contributed by atoms with van der Waals surface area (Å²) < 4.78 is 94.8. The van der Waals surface area contributed by atoms with E-state index in [9.17, 15) is 14.4 Å². The first-order valence-corrected chi connectivity index (χ1v) is 25.2. The van der Waals surface area contributed by atoms with E-state index in [0.717, 1.165) is 115 Å². The Kier molecular flexibility index (Phi) is 43.6. The summed E-state index contributed by atoms with van der Waals surface area (Å²) in [5.41, 5.74) is 0. The summed E-state index contributed by atoms with van der Waals surface area (Å²) in [6.45, 7) is 11.2. The zero-order valence-corrected chi connectivity index (χ0v) is 42.6. The molecule has 0 fully saturated rings. The van der Waals surface area contributed by atoms with Crippen molar-refractivity contribution < 1.29 is 30.8 Å². The van der Waals surface area contributed by atoms with Crippen molar-refractivity contribution in [2.24, 2.45) is 0 Å². The van der Waals surface area contributed by atoms with E-state index in [0.29, 0.717) is 38.5 Å². The van der Waals surface area contributed by atoms with Gasteiger partial charge in [-0.15, -0.1) is 0 Å². The molecule has 0 rings (SSSR count). The number of carbonyl (C=O) groups excluding carboxylic acids is 3. The highest BCUT2D eigenvalue weighted by molar-refractivity contribution is 5.76. The molecule has 372 valence electrons. The van der Waals surface area contributed by atoms with Gasteiger partial charge in [0.2, 0.25) is 0 Å². The van der Waals surface area contributed by atoms with Crippen LogP contribution < -0.4 is 0 Å². The molecule has 0 aromatic rings. The Bertz CT molecular complexity index is 1940. The third-order valence-corrected chi connectivity index (χ3v) is 9.05. The quantitative estimate of drug-likeness (QED) is 0.0453. The largest absolute Gasteiger partial charge is 0.300 e. The van der Waals surface area contributed by atoms with E-state index in [2.05, 4.69) is 39.0 Å². The zero-order chi connectivity index (χ0) is 59.7. The second-order valence-corrected chi connectivity index (χ2v) is 15.8. The van der Waals surface area contributed by atoms with Gasteiger partial charge in [0.25, 0.3) is 0 Å². The van der Waals surface area contributed by atoms with Gasteiger partial charge >= 0.3 is 0 Å². The molecule has 0 atom stereocenters. The van der Waals surface area contributed by atoms with Gasteiger partial charge in [-0.3, -0.25) is 0 Å². The standard InChI is InChI=1S/3C21H34O/c3*1-3-4-5-6-7-8-9-10-11-12-13-14-15-16-17-18-19-20-21(2)22/h3*7-8,10-11,13-14,16-17H,3-6,9,12,15,18-20H2,1-2H3/b3*8-7-,11-10-,14-13-,17-16-/i9D2,12D2,15D2;9D2,12D2;12D2. The molecule has 0 amide bonds. The van der Waals surface area contributed by atoms with E-state index in [-0.39, 0.29) is 17.3 Å². The number of unbranched alkanes of at least 4 members (excludes halogenated alkanes) is 12. The molecule has 66 heavy (non-hydrogen) atoms. The van der Waals surface area contributed by atoms with Gasteiger partial charge < -0.3 is 14.4 Å². The minimum Gasteiger partial charge on any atom is -0.300 e. The van der Waals surface area contributed by atoms with Crippen LogP contribution in [0.3, 0.4) is 0 Å². The SMILES string of the molecule is [2H]C([2H])(/C=C\C/C=C\CCCC(C)=O)/C=C\C([2H])([2H])/C=C\CCCCC.[2H]C([2H])(/C=C\C/C=C\CCCCC)/C=C\C/C=C\CCCC(C)=O.[2H]C([2H])(/C=C\CCCCC)/C=C\C([2H])([2H])/C=C\C([2H])([2H])/C=C\CCCC(C)=O. The fourth-order valence-electron chi connectivity index (χ4n) is 5.31. The average molecular weight is 920 g/mol. The third kappa shape index (κ3) is 74.2. The maximum absolute atomic E-state index is 10.9. The topological polar surface area (TPSA) is 51.2 Å². The van der Waals surface area contributed by atoms with Crippen LogP contribution in [0.2, 0.25) is 0 Å². The fraction of sp³-hybridized carbons (Fsp3) is 0.571. The molecule has 0 unspecified atom stereocenters. The van der Waals surface area contributed by atoms with Crippen LogP contribution in [0.25, 0.3) is 0 Å². The first-order chi connectivity index (χ1) is 36.6. The average Bonchev–Trinajstić information content (AvgIpc) is 3.34. The molecular weight excluding hydrogens is 805 g/mol. The first kappa shape index (κ1) is 45.7. The molecule has 0 aliphatic heterocycles. The van der Waals surface area contributed by atoms with Crippen molar-refractivity contribution >= 4 is 17.3 Å². The van der Waals surface area contributed by atoms with Crippen molar-refractivity contribution in [1.29, 1.82) is 0 Å². The Morgan fingerprint density at radius 3 is 0.682 bits per heavy atom. The van der Waals surface area contributed by atoms with Crippen LogP contribution in [0.1, 0.15) is 250 Å². The predicted molar refractivity (Wildman–Crippen MR) is 297 cm³/mol. The molecular formula is C63H102O3. The van der Waals surface area contributed by atoms with E-state index in [4.69, 9.17) is 16.4 Å². The maximum Gasteiger partial charge on any atom is 0.129 e. The highest BCUT2D eigenvalue weighted by Gasteiger charge is 1.92. The summed E-state index contributed by atoms with van der Waals surface area (Å²) in [6.07, 6.45) is 50.6. The van der Waals surface area contributed by atoms with Crippen molar-refractivity contribution in [2.45, 2.75) is 234 Å². The van der Waals surface area contributed by atoms with Gasteiger partial charge in [-0.2, -0.15) is 0 Å². The number of ketones is 3. The Labute approximate surface area is 426 Å². The van der Waals surface area contributed by atoms with Crippen LogP contribution >= 0.6 is 0 Å². The van der Waals surface area contributed by atoms with Crippen molar-refractivity contribution in [3.63, 3.8) is 0 Å². The van der Waals surface area contributed by atoms with E-state index in [1.807, 2.05) is 36.5 Å². The number of Topliss-reactive ketones (excluding diaryl/α,β-unsaturated/α-hetero) is 3. The smallest absolute Gasteiger partial charge is 0.129 e. The number of allylic oxidation sites excluding steroid dienone is 24. The van der Waals surface area contributed by atoms with Gasteiger partial charge in [0.15, 0.2) is 0 Å². The Morgan fingerprint density at radius 2 is 0.455 bits per heavy atom. The lowest BCUT2D eigenvalue weighted by Crippen LogP contribution is -1.87.